The van der Waals surface area contributed by atoms with Gasteiger partial charge in [0.25, 0.3) is 0 Å². The van der Waals surface area contributed by atoms with Gasteiger partial charge in [-0.2, -0.15) is 4.98 Å². The van der Waals surface area contributed by atoms with Crippen LogP contribution < -0.4 is 15.4 Å². The van der Waals surface area contributed by atoms with Crippen molar-refractivity contribution in [2.75, 3.05) is 23.8 Å². The van der Waals surface area contributed by atoms with Crippen LogP contribution in [0.2, 0.25) is 0 Å². The molecule has 1 atom stereocenters. The Labute approximate surface area is 152 Å². The number of nitrogens with one attached hydrogen (secondary N) is 2. The lowest BCUT2D eigenvalue weighted by Crippen LogP contribution is -2.14. The van der Waals surface area contributed by atoms with Crippen molar-refractivity contribution in [2.45, 2.75) is 13.0 Å². The Kier molecular flexibility index (Phi) is 5.88. The van der Waals surface area contributed by atoms with Gasteiger partial charge in [-0.3, -0.25) is 0 Å². The van der Waals surface area contributed by atoms with Crippen LogP contribution in [0.1, 0.15) is 18.5 Å². The number of benzene rings is 2. The van der Waals surface area contributed by atoms with Crippen LogP contribution in [0.25, 0.3) is 0 Å². The summed E-state index contributed by atoms with van der Waals surface area (Å²) in [7, 11) is 0. The summed E-state index contributed by atoms with van der Waals surface area (Å²) >= 11 is 0. The minimum Gasteiger partial charge on any atom is -0.508 e. The Morgan fingerprint density at radius 1 is 1.08 bits per heavy atom. The summed E-state index contributed by atoms with van der Waals surface area (Å²) in [4.78, 5) is 8.69. The maximum atomic E-state index is 9.41. The average molecular weight is 350 g/mol. The summed E-state index contributed by atoms with van der Waals surface area (Å²) in [6.07, 6.45) is 1.71. The fourth-order valence-corrected chi connectivity index (χ4v) is 2.48. The SMILES string of the molecule is CC(Nc1ccnc(NCCOc2cccc(O)c2)n1)c1ccccc1. The Hall–Kier alpha value is -3.28. The molecule has 1 unspecified atom stereocenters. The highest BCUT2D eigenvalue weighted by molar-refractivity contribution is 5.42. The van der Waals surface area contributed by atoms with Gasteiger partial charge < -0.3 is 20.5 Å². The molecule has 1 heterocycles. The lowest BCUT2D eigenvalue weighted by atomic mass is 10.1. The minimum atomic E-state index is 0.146. The predicted octanol–water partition coefficient (Wildman–Crippen LogP) is 3.85. The van der Waals surface area contributed by atoms with E-state index in [0.29, 0.717) is 24.8 Å². The van der Waals surface area contributed by atoms with Gasteiger partial charge >= 0.3 is 0 Å². The third-order valence-electron chi connectivity index (χ3n) is 3.79. The number of hydrogen-bond acceptors (Lipinski definition) is 6. The number of aromatic nitrogens is 2. The summed E-state index contributed by atoms with van der Waals surface area (Å²) in [5.74, 6) is 2.10. The molecule has 0 bridgehead atoms. The molecule has 1 aromatic heterocycles. The van der Waals surface area contributed by atoms with E-state index in [4.69, 9.17) is 4.74 Å². The zero-order chi connectivity index (χ0) is 18.2. The Morgan fingerprint density at radius 3 is 2.73 bits per heavy atom. The van der Waals surface area contributed by atoms with Crippen LogP contribution in [-0.4, -0.2) is 28.2 Å². The first-order valence-electron chi connectivity index (χ1n) is 8.51. The molecule has 3 aromatic rings. The van der Waals surface area contributed by atoms with Gasteiger partial charge in [-0.25, -0.2) is 4.98 Å². The van der Waals surface area contributed by atoms with Crippen molar-refractivity contribution in [1.29, 1.82) is 0 Å². The summed E-state index contributed by atoms with van der Waals surface area (Å²) in [6.45, 7) is 3.08. The highest BCUT2D eigenvalue weighted by atomic mass is 16.5. The molecule has 134 valence electrons. The lowest BCUT2D eigenvalue weighted by molar-refractivity contribution is 0.330. The van der Waals surface area contributed by atoms with E-state index < -0.39 is 0 Å². The molecule has 2 aromatic carbocycles. The van der Waals surface area contributed by atoms with Crippen LogP contribution in [-0.2, 0) is 0 Å². The van der Waals surface area contributed by atoms with Crippen molar-refractivity contribution >= 4 is 11.8 Å². The molecule has 6 nitrogen and oxygen atoms in total. The van der Waals surface area contributed by atoms with E-state index in [1.807, 2.05) is 24.3 Å². The van der Waals surface area contributed by atoms with Gasteiger partial charge in [0.05, 0.1) is 6.54 Å². The van der Waals surface area contributed by atoms with E-state index >= 15 is 0 Å². The molecule has 0 amide bonds. The highest BCUT2D eigenvalue weighted by Crippen LogP contribution is 2.18. The quantitative estimate of drug-likeness (QED) is 0.536. The van der Waals surface area contributed by atoms with E-state index in [9.17, 15) is 5.11 Å². The summed E-state index contributed by atoms with van der Waals surface area (Å²) in [5.41, 5.74) is 1.19. The Balaban J connectivity index is 1.49. The number of ether oxygens (including phenoxy) is 1. The average Bonchev–Trinajstić information content (AvgIpc) is 2.66. The molecule has 0 spiro atoms. The first-order valence-corrected chi connectivity index (χ1v) is 8.51. The molecule has 0 aliphatic heterocycles. The second kappa shape index (κ2) is 8.71. The molecule has 0 fully saturated rings. The second-order valence-corrected chi connectivity index (χ2v) is 5.81. The summed E-state index contributed by atoms with van der Waals surface area (Å²) in [6, 6.07) is 18.9. The molecule has 6 heteroatoms. The van der Waals surface area contributed by atoms with Crippen molar-refractivity contribution in [2.24, 2.45) is 0 Å². The number of anilines is 2. The van der Waals surface area contributed by atoms with E-state index in [0.717, 1.165) is 5.82 Å². The lowest BCUT2D eigenvalue weighted by Gasteiger charge is -2.15. The highest BCUT2D eigenvalue weighted by Gasteiger charge is 2.06. The number of nitrogens with zero attached hydrogens (tertiary/aromatic N) is 2. The molecule has 0 saturated carbocycles. The number of phenolic OH excluding ortho intramolecular Hbond substituents is 1. The monoisotopic (exact) mass is 350 g/mol. The molecule has 0 radical (unpaired) electrons. The van der Waals surface area contributed by atoms with Crippen LogP contribution in [0, 0.1) is 0 Å². The molecule has 26 heavy (non-hydrogen) atoms. The van der Waals surface area contributed by atoms with E-state index in [-0.39, 0.29) is 11.8 Å². The van der Waals surface area contributed by atoms with Crippen LogP contribution >= 0.6 is 0 Å². The zero-order valence-corrected chi connectivity index (χ0v) is 14.6. The maximum absolute atomic E-state index is 9.41. The molecule has 3 N–H and O–H groups in total. The summed E-state index contributed by atoms with van der Waals surface area (Å²) in [5, 5.41) is 15.9. The van der Waals surface area contributed by atoms with Crippen molar-refractivity contribution in [3.8, 4) is 11.5 Å². The summed E-state index contributed by atoms with van der Waals surface area (Å²) < 4.78 is 5.57. The van der Waals surface area contributed by atoms with Gasteiger partial charge in [-0.15, -0.1) is 0 Å². The van der Waals surface area contributed by atoms with E-state index in [1.54, 1.807) is 30.5 Å². The van der Waals surface area contributed by atoms with Gasteiger partial charge in [-0.05, 0) is 30.7 Å². The normalized spacial score (nSPS) is 11.6. The van der Waals surface area contributed by atoms with Gasteiger partial charge in [-0.1, -0.05) is 36.4 Å². The zero-order valence-electron chi connectivity index (χ0n) is 14.6. The van der Waals surface area contributed by atoms with E-state index in [2.05, 4.69) is 39.7 Å². The van der Waals surface area contributed by atoms with Crippen LogP contribution in [0.5, 0.6) is 11.5 Å². The first kappa shape index (κ1) is 17.5. The number of hydrogen-bond donors (Lipinski definition) is 3. The topological polar surface area (TPSA) is 79.3 Å². The fourth-order valence-electron chi connectivity index (χ4n) is 2.48. The third kappa shape index (κ3) is 5.11. The van der Waals surface area contributed by atoms with Gasteiger partial charge in [0, 0.05) is 18.3 Å². The number of phenols is 1. The van der Waals surface area contributed by atoms with Gasteiger partial charge in [0.2, 0.25) is 5.95 Å². The smallest absolute Gasteiger partial charge is 0.224 e. The van der Waals surface area contributed by atoms with Crippen LogP contribution in [0.4, 0.5) is 11.8 Å². The Morgan fingerprint density at radius 2 is 1.92 bits per heavy atom. The van der Waals surface area contributed by atoms with Crippen molar-refractivity contribution in [1.82, 2.24) is 9.97 Å². The molecular formula is C20H22N4O2. The maximum Gasteiger partial charge on any atom is 0.224 e. The number of aromatic hydroxyl groups is 1. The molecular weight excluding hydrogens is 328 g/mol. The fraction of sp³-hybridized carbons (Fsp3) is 0.200. The number of rotatable bonds is 8. The molecule has 0 aliphatic rings. The van der Waals surface area contributed by atoms with Crippen LogP contribution in [0.15, 0.2) is 66.9 Å². The van der Waals surface area contributed by atoms with E-state index in [1.165, 1.54) is 5.56 Å². The van der Waals surface area contributed by atoms with Crippen LogP contribution in [0.3, 0.4) is 0 Å². The minimum absolute atomic E-state index is 0.146. The molecule has 3 rings (SSSR count). The van der Waals surface area contributed by atoms with Crippen molar-refractivity contribution in [3.63, 3.8) is 0 Å². The van der Waals surface area contributed by atoms with Crippen molar-refractivity contribution in [3.05, 3.63) is 72.4 Å². The first-order chi connectivity index (χ1) is 12.7. The second-order valence-electron chi connectivity index (χ2n) is 5.81. The standard InChI is InChI=1S/C20H22N4O2/c1-15(16-6-3-2-4-7-16)23-19-10-11-21-20(24-19)22-12-13-26-18-9-5-8-17(25)14-18/h2-11,14-15,25H,12-13H2,1H3,(H2,21,22,23,24). The Bertz CT molecular complexity index is 827. The predicted molar refractivity (Wildman–Crippen MR) is 103 cm³/mol. The third-order valence-corrected chi connectivity index (χ3v) is 3.79. The largest absolute Gasteiger partial charge is 0.508 e. The van der Waals surface area contributed by atoms with Crippen molar-refractivity contribution < 1.29 is 9.84 Å². The molecule has 0 aliphatic carbocycles. The molecule has 0 saturated heterocycles. The van der Waals surface area contributed by atoms with Gasteiger partial charge in [0.15, 0.2) is 0 Å². The van der Waals surface area contributed by atoms with Gasteiger partial charge in [0.1, 0.15) is 23.9 Å².